The molecule has 0 spiro atoms. The van der Waals surface area contributed by atoms with E-state index in [2.05, 4.69) is 15.6 Å². The predicted octanol–water partition coefficient (Wildman–Crippen LogP) is 4.50. The number of nitrogens with zero attached hydrogens (tertiary/aromatic N) is 1. The number of aromatic nitrogens is 1. The molecule has 0 saturated carbocycles. The van der Waals surface area contributed by atoms with Gasteiger partial charge in [0.1, 0.15) is 18.9 Å². The lowest BCUT2D eigenvalue weighted by Crippen LogP contribution is -2.15. The smallest absolute Gasteiger partial charge is 0.274 e. The van der Waals surface area contributed by atoms with Crippen molar-refractivity contribution >= 4 is 34.6 Å². The van der Waals surface area contributed by atoms with Gasteiger partial charge in [-0.25, -0.2) is 4.98 Å². The first-order valence-corrected chi connectivity index (χ1v) is 8.75. The highest BCUT2D eigenvalue weighted by Gasteiger charge is 2.12. The van der Waals surface area contributed by atoms with Crippen LogP contribution in [0.15, 0.2) is 60.8 Å². The molecule has 0 atom stereocenters. The molecular weight excluding hydrogens is 366 g/mol. The number of rotatable bonds is 4. The number of carbonyl (C=O) groups is 1. The summed E-state index contributed by atoms with van der Waals surface area (Å²) in [4.78, 5) is 16.5. The minimum Gasteiger partial charge on any atom is -0.486 e. The van der Waals surface area contributed by atoms with Gasteiger partial charge >= 0.3 is 0 Å². The van der Waals surface area contributed by atoms with E-state index in [-0.39, 0.29) is 5.91 Å². The van der Waals surface area contributed by atoms with Gasteiger partial charge in [0.25, 0.3) is 5.91 Å². The summed E-state index contributed by atoms with van der Waals surface area (Å²) in [5.41, 5.74) is 2.43. The molecule has 4 rings (SSSR count). The van der Waals surface area contributed by atoms with Crippen LogP contribution in [0.5, 0.6) is 11.5 Å². The lowest BCUT2D eigenvalue weighted by atomic mass is 10.2. The van der Waals surface area contributed by atoms with Crippen LogP contribution >= 0.6 is 11.6 Å². The molecule has 3 aromatic rings. The van der Waals surface area contributed by atoms with Gasteiger partial charge < -0.3 is 20.1 Å². The Hall–Kier alpha value is -3.25. The minimum absolute atomic E-state index is 0.294. The fourth-order valence-corrected chi connectivity index (χ4v) is 2.82. The van der Waals surface area contributed by atoms with Crippen molar-refractivity contribution in [2.45, 2.75) is 0 Å². The van der Waals surface area contributed by atoms with Crippen molar-refractivity contribution in [3.05, 3.63) is 71.5 Å². The predicted molar refractivity (Wildman–Crippen MR) is 104 cm³/mol. The molecule has 7 heteroatoms. The first-order chi connectivity index (χ1) is 13.2. The van der Waals surface area contributed by atoms with Crippen molar-refractivity contribution in [3.63, 3.8) is 0 Å². The van der Waals surface area contributed by atoms with E-state index < -0.39 is 0 Å². The van der Waals surface area contributed by atoms with E-state index in [1.54, 1.807) is 42.6 Å². The van der Waals surface area contributed by atoms with Gasteiger partial charge in [-0.3, -0.25) is 4.79 Å². The van der Waals surface area contributed by atoms with E-state index in [0.717, 1.165) is 17.1 Å². The van der Waals surface area contributed by atoms with Crippen LogP contribution in [0, 0.1) is 0 Å². The van der Waals surface area contributed by atoms with E-state index in [1.807, 2.05) is 18.2 Å². The highest BCUT2D eigenvalue weighted by Crippen LogP contribution is 2.33. The number of carbonyl (C=O) groups excluding carboxylic acids is 1. The van der Waals surface area contributed by atoms with Gasteiger partial charge in [0.2, 0.25) is 0 Å². The van der Waals surface area contributed by atoms with E-state index in [1.165, 1.54) is 0 Å². The Balaban J connectivity index is 1.44. The summed E-state index contributed by atoms with van der Waals surface area (Å²) in [5.74, 6) is 1.11. The Morgan fingerprint density at radius 1 is 0.963 bits per heavy atom. The number of pyridine rings is 1. The molecule has 2 aromatic carbocycles. The van der Waals surface area contributed by atoms with Crippen molar-refractivity contribution < 1.29 is 14.3 Å². The first-order valence-electron chi connectivity index (χ1n) is 8.38. The molecule has 27 heavy (non-hydrogen) atoms. The lowest BCUT2D eigenvalue weighted by Gasteiger charge is -2.19. The van der Waals surface area contributed by atoms with Crippen molar-refractivity contribution in [2.24, 2.45) is 0 Å². The fourth-order valence-electron chi connectivity index (χ4n) is 2.64. The SMILES string of the molecule is O=C(Nc1ccccc1Cl)c1ccc(Nc2ccc3c(c2)OCCO3)cn1. The number of benzene rings is 2. The van der Waals surface area contributed by atoms with Crippen LogP contribution in [0.2, 0.25) is 5.02 Å². The van der Waals surface area contributed by atoms with Gasteiger partial charge in [-0.1, -0.05) is 23.7 Å². The first kappa shape index (κ1) is 17.2. The average molecular weight is 382 g/mol. The van der Waals surface area contributed by atoms with Crippen LogP contribution in [0.4, 0.5) is 17.1 Å². The molecule has 1 aliphatic rings. The Labute approximate surface area is 161 Å². The maximum atomic E-state index is 12.3. The van der Waals surface area contributed by atoms with Crippen LogP contribution < -0.4 is 20.1 Å². The highest BCUT2D eigenvalue weighted by atomic mass is 35.5. The Morgan fingerprint density at radius 3 is 2.52 bits per heavy atom. The topological polar surface area (TPSA) is 72.5 Å². The molecule has 136 valence electrons. The van der Waals surface area contributed by atoms with E-state index >= 15 is 0 Å². The van der Waals surface area contributed by atoms with Gasteiger partial charge in [0.15, 0.2) is 11.5 Å². The van der Waals surface area contributed by atoms with Crippen LogP contribution in [0.1, 0.15) is 10.5 Å². The second kappa shape index (κ2) is 7.55. The molecule has 0 unspecified atom stereocenters. The number of fused-ring (bicyclic) bond motifs is 1. The fraction of sp³-hybridized carbons (Fsp3) is 0.100. The normalized spacial score (nSPS) is 12.3. The van der Waals surface area contributed by atoms with Crippen molar-refractivity contribution in [1.29, 1.82) is 0 Å². The number of para-hydroxylation sites is 1. The van der Waals surface area contributed by atoms with Crippen molar-refractivity contribution in [1.82, 2.24) is 4.98 Å². The number of ether oxygens (including phenoxy) is 2. The van der Waals surface area contributed by atoms with Crippen molar-refractivity contribution in [2.75, 3.05) is 23.8 Å². The third-order valence-electron chi connectivity index (χ3n) is 3.95. The largest absolute Gasteiger partial charge is 0.486 e. The molecule has 0 bridgehead atoms. The quantitative estimate of drug-likeness (QED) is 0.696. The van der Waals surface area contributed by atoms with E-state index in [9.17, 15) is 4.79 Å². The van der Waals surface area contributed by atoms with Crippen molar-refractivity contribution in [3.8, 4) is 11.5 Å². The molecule has 1 aromatic heterocycles. The molecule has 0 radical (unpaired) electrons. The maximum absolute atomic E-state index is 12.3. The summed E-state index contributed by atoms with van der Waals surface area (Å²) in [6, 6.07) is 16.1. The molecule has 1 aliphatic heterocycles. The van der Waals surface area contributed by atoms with Crippen LogP contribution in [0.3, 0.4) is 0 Å². The molecule has 2 heterocycles. The molecule has 1 amide bonds. The second-order valence-electron chi connectivity index (χ2n) is 5.85. The second-order valence-corrected chi connectivity index (χ2v) is 6.26. The van der Waals surface area contributed by atoms with Crippen LogP contribution in [0.25, 0.3) is 0 Å². The van der Waals surface area contributed by atoms with E-state index in [4.69, 9.17) is 21.1 Å². The van der Waals surface area contributed by atoms with Gasteiger partial charge in [-0.05, 0) is 36.4 Å². The monoisotopic (exact) mass is 381 g/mol. The van der Waals surface area contributed by atoms with Crippen LogP contribution in [-0.2, 0) is 0 Å². The number of hydrogen-bond acceptors (Lipinski definition) is 5. The summed E-state index contributed by atoms with van der Waals surface area (Å²) < 4.78 is 11.1. The highest BCUT2D eigenvalue weighted by molar-refractivity contribution is 6.33. The number of nitrogens with one attached hydrogen (secondary N) is 2. The third-order valence-corrected chi connectivity index (χ3v) is 4.28. The summed E-state index contributed by atoms with van der Waals surface area (Å²) in [5, 5.41) is 6.45. The molecule has 2 N–H and O–H groups in total. The number of anilines is 3. The Morgan fingerprint density at radius 2 is 1.74 bits per heavy atom. The molecule has 0 aliphatic carbocycles. The minimum atomic E-state index is -0.325. The summed E-state index contributed by atoms with van der Waals surface area (Å²) in [6.07, 6.45) is 1.60. The maximum Gasteiger partial charge on any atom is 0.274 e. The standard InChI is InChI=1S/C20H16ClN3O3/c21-15-3-1-2-4-16(15)24-20(25)17-7-5-14(12-22-17)23-13-6-8-18-19(11-13)27-10-9-26-18/h1-8,11-12,23H,9-10H2,(H,24,25). The Kier molecular flexibility index (Phi) is 4.80. The summed E-state index contributed by atoms with van der Waals surface area (Å²) in [7, 11) is 0. The third kappa shape index (κ3) is 3.96. The molecule has 0 fully saturated rings. The summed E-state index contributed by atoms with van der Waals surface area (Å²) in [6.45, 7) is 1.09. The Bertz CT molecular complexity index is 976. The van der Waals surface area contributed by atoms with Gasteiger partial charge in [0.05, 0.1) is 22.6 Å². The van der Waals surface area contributed by atoms with Gasteiger partial charge in [0, 0.05) is 11.8 Å². The van der Waals surface area contributed by atoms with Gasteiger partial charge in [-0.15, -0.1) is 0 Å². The zero-order chi connectivity index (χ0) is 18.6. The average Bonchev–Trinajstić information content (AvgIpc) is 2.70. The zero-order valence-electron chi connectivity index (χ0n) is 14.2. The lowest BCUT2D eigenvalue weighted by molar-refractivity contribution is 0.102. The zero-order valence-corrected chi connectivity index (χ0v) is 15.0. The molecule has 6 nitrogen and oxygen atoms in total. The van der Waals surface area contributed by atoms with E-state index in [0.29, 0.717) is 35.4 Å². The summed E-state index contributed by atoms with van der Waals surface area (Å²) >= 11 is 6.06. The number of amides is 1. The number of halogens is 1. The molecule has 0 saturated heterocycles. The molecular formula is C20H16ClN3O3. The van der Waals surface area contributed by atoms with Crippen LogP contribution in [-0.4, -0.2) is 24.1 Å². The number of hydrogen-bond donors (Lipinski definition) is 2. The van der Waals surface area contributed by atoms with Gasteiger partial charge in [-0.2, -0.15) is 0 Å².